The molecule has 0 N–H and O–H groups in total. The van der Waals surface area contributed by atoms with Crippen LogP contribution in [0.1, 0.15) is 284 Å². The average molecular weight is 1080 g/mol. The van der Waals surface area contributed by atoms with Crippen molar-refractivity contribution < 1.29 is 28.6 Å². The van der Waals surface area contributed by atoms with Crippen molar-refractivity contribution in [2.75, 3.05) is 13.2 Å². The number of hydrogen-bond donors (Lipinski definition) is 0. The summed E-state index contributed by atoms with van der Waals surface area (Å²) in [5.41, 5.74) is 0. The van der Waals surface area contributed by atoms with E-state index in [9.17, 15) is 14.4 Å². The number of hydrogen-bond acceptors (Lipinski definition) is 6. The lowest BCUT2D eigenvalue weighted by molar-refractivity contribution is -0.167. The van der Waals surface area contributed by atoms with Gasteiger partial charge in [0.25, 0.3) is 0 Å². The summed E-state index contributed by atoms with van der Waals surface area (Å²) in [6, 6.07) is 0. The fourth-order valence-corrected chi connectivity index (χ4v) is 8.55. The maximum atomic E-state index is 12.8. The minimum absolute atomic E-state index is 0.0910. The fourth-order valence-electron chi connectivity index (χ4n) is 8.55. The Hall–Kier alpha value is -4.45. The molecule has 0 saturated heterocycles. The summed E-state index contributed by atoms with van der Waals surface area (Å²) in [6.45, 7) is 6.44. The molecule has 0 aromatic carbocycles. The Kier molecular flexibility index (Phi) is 61.4. The summed E-state index contributed by atoms with van der Waals surface area (Å²) in [5.74, 6) is -0.921. The molecule has 0 aromatic heterocycles. The molecular weight excluding hydrogens is 961 g/mol. The zero-order chi connectivity index (χ0) is 56.4. The van der Waals surface area contributed by atoms with Gasteiger partial charge in [0.1, 0.15) is 13.2 Å². The van der Waals surface area contributed by atoms with Gasteiger partial charge < -0.3 is 14.2 Å². The van der Waals surface area contributed by atoms with E-state index in [0.717, 1.165) is 154 Å². The largest absolute Gasteiger partial charge is 0.462 e. The quantitative estimate of drug-likeness (QED) is 0.0261. The molecule has 0 aliphatic carbocycles. The normalized spacial score (nSPS) is 13.0. The molecule has 6 nitrogen and oxygen atoms in total. The first kappa shape index (κ1) is 73.5. The number of rotatable bonds is 57. The van der Waals surface area contributed by atoms with Crippen molar-refractivity contribution in [1.82, 2.24) is 0 Å². The van der Waals surface area contributed by atoms with Gasteiger partial charge in [-0.2, -0.15) is 0 Å². The first-order valence-corrected chi connectivity index (χ1v) is 32.2. The molecule has 0 fully saturated rings. The zero-order valence-corrected chi connectivity index (χ0v) is 50.6. The van der Waals surface area contributed by atoms with E-state index in [4.69, 9.17) is 14.2 Å². The van der Waals surface area contributed by atoms with Crippen molar-refractivity contribution >= 4 is 17.9 Å². The molecular formula is C72H118O6. The second-order valence-corrected chi connectivity index (χ2v) is 20.9. The van der Waals surface area contributed by atoms with Gasteiger partial charge in [-0.1, -0.05) is 264 Å². The molecule has 442 valence electrons. The van der Waals surface area contributed by atoms with Crippen molar-refractivity contribution in [3.8, 4) is 0 Å². The minimum Gasteiger partial charge on any atom is -0.462 e. The SMILES string of the molecule is CC/C=C\C/C=C\C/C=C\C/C=C\C/C=C\C/C=C\C/C=C\C/C=C\C/C=C\CCCCCCCCCC(=O)OCC(COC(=O)CCCCCCC/C=C\CCC)OC(=O)CCCCCCC/C=C\CCCCCCCC. The third kappa shape index (κ3) is 62.4. The first-order valence-electron chi connectivity index (χ1n) is 32.2. The molecule has 0 aromatic rings. The molecule has 1 atom stereocenters. The monoisotopic (exact) mass is 1080 g/mol. The predicted octanol–water partition coefficient (Wildman–Crippen LogP) is 22.2. The van der Waals surface area contributed by atoms with Crippen LogP contribution in [0.25, 0.3) is 0 Å². The van der Waals surface area contributed by atoms with Gasteiger partial charge in [-0.25, -0.2) is 0 Å². The molecule has 0 heterocycles. The average Bonchev–Trinajstić information content (AvgIpc) is 3.44. The summed E-state index contributed by atoms with van der Waals surface area (Å²) in [7, 11) is 0. The fraction of sp³-hybridized carbons (Fsp3) is 0.653. The standard InChI is InChI=1S/C72H118O6/c1-4-7-10-13-16-19-22-24-26-27-28-29-30-31-32-33-34-35-36-37-38-39-40-41-42-43-44-45-47-48-50-53-56-59-62-65-71(74)77-68-69(67-76-70(73)64-61-58-55-52-21-18-15-12-9-6-3)78-72(75)66-63-60-57-54-51-49-46-25-23-20-17-14-11-8-5-2/h7,10,12,15-16,19,24-26,28-29,31-32,34-35,37-38,40-41,43-44,46,69H,4-6,8-9,11,13-14,17-18,20-23,27,30,33,36,39,42,45,47-68H2,1-3H3/b10-7-,15-12-,19-16-,26-24-,29-28-,32-31-,35-34-,38-37-,41-40-,44-43-,46-25-. The van der Waals surface area contributed by atoms with Crippen LogP contribution in [0.5, 0.6) is 0 Å². The summed E-state index contributed by atoms with van der Waals surface area (Å²) < 4.78 is 16.8. The molecule has 0 saturated carbocycles. The van der Waals surface area contributed by atoms with Gasteiger partial charge in [-0.05, 0) is 135 Å². The number of carbonyl (C=O) groups excluding carboxylic acids is 3. The van der Waals surface area contributed by atoms with E-state index in [1.54, 1.807) is 0 Å². The van der Waals surface area contributed by atoms with E-state index in [-0.39, 0.29) is 31.1 Å². The van der Waals surface area contributed by atoms with Gasteiger partial charge in [0, 0.05) is 19.3 Å². The van der Waals surface area contributed by atoms with Gasteiger partial charge in [0.2, 0.25) is 0 Å². The Balaban J connectivity index is 4.22. The van der Waals surface area contributed by atoms with Gasteiger partial charge in [-0.15, -0.1) is 0 Å². The van der Waals surface area contributed by atoms with Crippen molar-refractivity contribution in [2.45, 2.75) is 290 Å². The molecule has 78 heavy (non-hydrogen) atoms. The molecule has 6 heteroatoms. The van der Waals surface area contributed by atoms with Crippen molar-refractivity contribution in [1.29, 1.82) is 0 Å². The van der Waals surface area contributed by atoms with Crippen LogP contribution in [0.4, 0.5) is 0 Å². The number of ether oxygens (including phenoxy) is 3. The Morgan fingerprint density at radius 1 is 0.269 bits per heavy atom. The molecule has 0 bridgehead atoms. The van der Waals surface area contributed by atoms with E-state index in [1.807, 2.05) is 0 Å². The Labute approximate surface area is 481 Å². The minimum atomic E-state index is -0.793. The molecule has 0 amide bonds. The third-order valence-electron chi connectivity index (χ3n) is 13.3. The van der Waals surface area contributed by atoms with Crippen LogP contribution in [0.3, 0.4) is 0 Å². The highest BCUT2D eigenvalue weighted by Crippen LogP contribution is 2.15. The number of esters is 3. The molecule has 0 aliphatic rings. The highest BCUT2D eigenvalue weighted by molar-refractivity contribution is 5.71. The van der Waals surface area contributed by atoms with Crippen LogP contribution in [-0.4, -0.2) is 37.2 Å². The Bertz CT molecular complexity index is 1670. The molecule has 0 aliphatic heterocycles. The predicted molar refractivity (Wildman–Crippen MR) is 339 cm³/mol. The molecule has 1 unspecified atom stereocenters. The van der Waals surface area contributed by atoms with Crippen molar-refractivity contribution in [3.05, 3.63) is 134 Å². The smallest absolute Gasteiger partial charge is 0.306 e. The molecule has 0 spiro atoms. The first-order chi connectivity index (χ1) is 38.5. The lowest BCUT2D eigenvalue weighted by Crippen LogP contribution is -2.30. The summed E-state index contributed by atoms with van der Waals surface area (Å²) >= 11 is 0. The van der Waals surface area contributed by atoms with E-state index < -0.39 is 6.10 Å². The maximum Gasteiger partial charge on any atom is 0.306 e. The zero-order valence-electron chi connectivity index (χ0n) is 50.6. The van der Waals surface area contributed by atoms with Crippen LogP contribution in [0.15, 0.2) is 134 Å². The highest BCUT2D eigenvalue weighted by Gasteiger charge is 2.19. The van der Waals surface area contributed by atoms with E-state index in [1.165, 1.54) is 89.9 Å². The van der Waals surface area contributed by atoms with E-state index >= 15 is 0 Å². The Morgan fingerprint density at radius 3 is 0.846 bits per heavy atom. The number of unbranched alkanes of at least 4 members (excludes halogenated alkanes) is 24. The van der Waals surface area contributed by atoms with Crippen molar-refractivity contribution in [3.63, 3.8) is 0 Å². The van der Waals surface area contributed by atoms with Crippen molar-refractivity contribution in [2.24, 2.45) is 0 Å². The van der Waals surface area contributed by atoms with Crippen LogP contribution < -0.4 is 0 Å². The van der Waals surface area contributed by atoms with Crippen LogP contribution in [0.2, 0.25) is 0 Å². The summed E-state index contributed by atoms with van der Waals surface area (Å²) in [5, 5.41) is 0. The topological polar surface area (TPSA) is 78.9 Å². The maximum absolute atomic E-state index is 12.8. The van der Waals surface area contributed by atoms with Gasteiger partial charge >= 0.3 is 17.9 Å². The summed E-state index contributed by atoms with van der Waals surface area (Å²) in [4.78, 5) is 38.1. The Morgan fingerprint density at radius 2 is 0.526 bits per heavy atom. The lowest BCUT2D eigenvalue weighted by atomic mass is 10.1. The van der Waals surface area contributed by atoms with Crippen LogP contribution in [-0.2, 0) is 28.6 Å². The van der Waals surface area contributed by atoms with Gasteiger partial charge in [0.05, 0.1) is 0 Å². The van der Waals surface area contributed by atoms with E-state index in [0.29, 0.717) is 19.3 Å². The second-order valence-electron chi connectivity index (χ2n) is 20.9. The third-order valence-corrected chi connectivity index (χ3v) is 13.3. The van der Waals surface area contributed by atoms with Gasteiger partial charge in [-0.3, -0.25) is 14.4 Å². The lowest BCUT2D eigenvalue weighted by Gasteiger charge is -2.18. The summed E-state index contributed by atoms with van der Waals surface area (Å²) in [6.07, 6.45) is 91.8. The number of carbonyl (C=O) groups is 3. The van der Waals surface area contributed by atoms with Gasteiger partial charge in [0.15, 0.2) is 6.10 Å². The van der Waals surface area contributed by atoms with E-state index in [2.05, 4.69) is 154 Å². The highest BCUT2D eigenvalue weighted by atomic mass is 16.6. The molecule has 0 rings (SSSR count). The number of allylic oxidation sites excluding steroid dienone is 22. The molecule has 0 radical (unpaired) electrons. The second kappa shape index (κ2) is 65.1. The van der Waals surface area contributed by atoms with Crippen LogP contribution >= 0.6 is 0 Å². The van der Waals surface area contributed by atoms with Crippen LogP contribution in [0, 0.1) is 0 Å².